The molecular formula is C17H27N5O2. The fourth-order valence-electron chi connectivity index (χ4n) is 3.80. The van der Waals surface area contributed by atoms with Gasteiger partial charge in [-0.15, -0.1) is 5.10 Å². The first kappa shape index (κ1) is 16.9. The van der Waals surface area contributed by atoms with Crippen molar-refractivity contribution in [2.75, 3.05) is 13.1 Å². The quantitative estimate of drug-likeness (QED) is 0.844. The Hall–Kier alpha value is -1.92. The number of aryl methyl sites for hydroxylation is 1. The summed E-state index contributed by atoms with van der Waals surface area (Å²) < 4.78 is 1.85. The number of rotatable bonds is 1. The van der Waals surface area contributed by atoms with E-state index >= 15 is 0 Å². The van der Waals surface area contributed by atoms with E-state index in [1.54, 1.807) is 0 Å². The average molecular weight is 333 g/mol. The summed E-state index contributed by atoms with van der Waals surface area (Å²) >= 11 is 0. The molecule has 1 fully saturated rings. The maximum Gasteiger partial charge on any atom is 0.226 e. The molecule has 0 aliphatic carbocycles. The highest BCUT2D eigenvalue weighted by Gasteiger charge is 2.41. The zero-order chi connectivity index (χ0) is 17.0. The van der Waals surface area contributed by atoms with Crippen molar-refractivity contribution in [2.24, 2.45) is 5.41 Å². The van der Waals surface area contributed by atoms with E-state index in [1.807, 2.05) is 22.7 Å². The van der Waals surface area contributed by atoms with Crippen molar-refractivity contribution in [1.29, 1.82) is 0 Å². The Morgan fingerprint density at radius 2 is 2.00 bits per heavy atom. The predicted molar refractivity (Wildman–Crippen MR) is 88.9 cm³/mol. The molecule has 3 rings (SSSR count). The van der Waals surface area contributed by atoms with E-state index < -0.39 is 0 Å². The maximum absolute atomic E-state index is 12.9. The molecule has 2 amide bonds. The Bertz CT molecular complexity index is 590. The second-order valence-electron chi connectivity index (χ2n) is 6.98. The SMILES string of the molecule is CCC(=O)N1CCC2(CCCCCn3cc(nn3)CNC2=O)CC1. The number of nitrogens with zero attached hydrogens (tertiary/aromatic N) is 4. The van der Waals surface area contributed by atoms with Gasteiger partial charge in [0.15, 0.2) is 0 Å². The summed E-state index contributed by atoms with van der Waals surface area (Å²) in [6.07, 6.45) is 8.06. The normalized spacial score (nSPS) is 21.7. The zero-order valence-electron chi connectivity index (χ0n) is 14.5. The molecule has 0 radical (unpaired) electrons. The van der Waals surface area contributed by atoms with Crippen molar-refractivity contribution < 1.29 is 9.59 Å². The Balaban J connectivity index is 1.70. The van der Waals surface area contributed by atoms with Crippen LogP contribution in [0.4, 0.5) is 0 Å². The summed E-state index contributed by atoms with van der Waals surface area (Å²) in [6, 6.07) is 0. The van der Waals surface area contributed by atoms with Crippen LogP contribution in [0, 0.1) is 5.41 Å². The smallest absolute Gasteiger partial charge is 0.226 e. The predicted octanol–water partition coefficient (Wildman–Crippen LogP) is 1.49. The van der Waals surface area contributed by atoms with E-state index in [9.17, 15) is 9.59 Å². The maximum atomic E-state index is 12.9. The molecule has 1 N–H and O–H groups in total. The van der Waals surface area contributed by atoms with Gasteiger partial charge in [0, 0.05) is 26.1 Å². The van der Waals surface area contributed by atoms with E-state index in [0.717, 1.165) is 50.8 Å². The molecule has 7 heteroatoms. The summed E-state index contributed by atoms with van der Waals surface area (Å²) in [5, 5.41) is 11.3. The lowest BCUT2D eigenvalue weighted by Gasteiger charge is -2.41. The molecule has 3 heterocycles. The van der Waals surface area contributed by atoms with Crippen molar-refractivity contribution in [3.8, 4) is 0 Å². The summed E-state index contributed by atoms with van der Waals surface area (Å²) in [5.41, 5.74) is 0.470. The van der Waals surface area contributed by atoms with Gasteiger partial charge in [-0.1, -0.05) is 25.0 Å². The first-order valence-electron chi connectivity index (χ1n) is 9.08. The van der Waals surface area contributed by atoms with Crippen molar-refractivity contribution in [3.05, 3.63) is 11.9 Å². The Morgan fingerprint density at radius 3 is 2.75 bits per heavy atom. The highest BCUT2D eigenvalue weighted by Crippen LogP contribution is 2.37. The first-order valence-corrected chi connectivity index (χ1v) is 9.08. The van der Waals surface area contributed by atoms with Crippen LogP contribution >= 0.6 is 0 Å². The van der Waals surface area contributed by atoms with Gasteiger partial charge >= 0.3 is 0 Å². The van der Waals surface area contributed by atoms with Gasteiger partial charge in [0.05, 0.1) is 18.2 Å². The summed E-state index contributed by atoms with van der Waals surface area (Å²) in [4.78, 5) is 26.7. The number of piperidine rings is 1. The van der Waals surface area contributed by atoms with E-state index in [1.165, 1.54) is 0 Å². The van der Waals surface area contributed by atoms with Crippen molar-refractivity contribution in [3.63, 3.8) is 0 Å². The zero-order valence-corrected chi connectivity index (χ0v) is 14.5. The van der Waals surface area contributed by atoms with Crippen LogP contribution in [0.5, 0.6) is 0 Å². The lowest BCUT2D eigenvalue weighted by atomic mass is 9.73. The molecule has 0 saturated carbocycles. The number of carbonyl (C=O) groups excluding carboxylic acids is 2. The van der Waals surface area contributed by atoms with Crippen LogP contribution in [0.1, 0.15) is 57.6 Å². The van der Waals surface area contributed by atoms with Gasteiger partial charge in [0.25, 0.3) is 0 Å². The summed E-state index contributed by atoms with van der Waals surface area (Å²) in [7, 11) is 0. The van der Waals surface area contributed by atoms with Crippen LogP contribution in [0.25, 0.3) is 0 Å². The molecule has 24 heavy (non-hydrogen) atoms. The number of aromatic nitrogens is 3. The fourth-order valence-corrected chi connectivity index (χ4v) is 3.80. The van der Waals surface area contributed by atoms with Gasteiger partial charge < -0.3 is 10.2 Å². The fraction of sp³-hybridized carbons (Fsp3) is 0.765. The van der Waals surface area contributed by atoms with Crippen LogP contribution in [0.2, 0.25) is 0 Å². The van der Waals surface area contributed by atoms with Crippen LogP contribution in [0.15, 0.2) is 6.20 Å². The molecular weight excluding hydrogens is 306 g/mol. The summed E-state index contributed by atoms with van der Waals surface area (Å²) in [6.45, 7) is 4.58. The number of likely N-dealkylation sites (tertiary alicyclic amines) is 1. The van der Waals surface area contributed by atoms with E-state index in [-0.39, 0.29) is 17.2 Å². The lowest BCUT2D eigenvalue weighted by molar-refractivity contribution is -0.141. The van der Waals surface area contributed by atoms with Crippen LogP contribution in [-0.2, 0) is 22.7 Å². The molecule has 132 valence electrons. The average Bonchev–Trinajstić information content (AvgIpc) is 3.06. The van der Waals surface area contributed by atoms with Gasteiger partial charge in [0.2, 0.25) is 11.8 Å². The lowest BCUT2D eigenvalue weighted by Crippen LogP contribution is -2.50. The molecule has 1 spiro atoms. The number of carbonyl (C=O) groups is 2. The van der Waals surface area contributed by atoms with Gasteiger partial charge in [-0.05, 0) is 25.7 Å². The molecule has 1 aromatic rings. The van der Waals surface area contributed by atoms with Gasteiger partial charge in [-0.25, -0.2) is 0 Å². The first-order chi connectivity index (χ1) is 11.6. The minimum atomic E-state index is -0.334. The molecule has 1 saturated heterocycles. The second kappa shape index (κ2) is 7.32. The molecule has 7 nitrogen and oxygen atoms in total. The molecule has 2 aliphatic rings. The molecule has 0 atom stereocenters. The Labute approximate surface area is 142 Å². The third kappa shape index (κ3) is 3.60. The van der Waals surface area contributed by atoms with E-state index in [4.69, 9.17) is 0 Å². The molecule has 1 aromatic heterocycles. The van der Waals surface area contributed by atoms with Crippen molar-refractivity contribution in [1.82, 2.24) is 25.2 Å². The highest BCUT2D eigenvalue weighted by molar-refractivity contribution is 5.83. The number of nitrogens with one attached hydrogen (secondary N) is 1. The van der Waals surface area contributed by atoms with Crippen molar-refractivity contribution >= 4 is 11.8 Å². The van der Waals surface area contributed by atoms with Gasteiger partial charge in [-0.2, -0.15) is 0 Å². The number of hydrogen-bond acceptors (Lipinski definition) is 4. The standard InChI is InChI=1S/C17H27N5O2/c1-2-15(23)21-10-7-17(8-11-21)6-4-3-5-9-22-13-14(19-20-22)12-18-16(17)24/h13H,2-12H2,1H3,(H,18,24). The van der Waals surface area contributed by atoms with Crippen LogP contribution in [-0.4, -0.2) is 44.8 Å². The minimum absolute atomic E-state index is 0.112. The third-order valence-electron chi connectivity index (χ3n) is 5.42. The van der Waals surface area contributed by atoms with E-state index in [0.29, 0.717) is 26.1 Å². The van der Waals surface area contributed by atoms with E-state index in [2.05, 4.69) is 15.6 Å². The van der Waals surface area contributed by atoms with Gasteiger partial charge in [-0.3, -0.25) is 14.3 Å². The Kier molecular flexibility index (Phi) is 5.16. The largest absolute Gasteiger partial charge is 0.350 e. The van der Waals surface area contributed by atoms with Crippen LogP contribution < -0.4 is 5.32 Å². The number of fused-ring (bicyclic) bond motifs is 2. The molecule has 2 bridgehead atoms. The molecule has 0 aromatic carbocycles. The topological polar surface area (TPSA) is 80.1 Å². The third-order valence-corrected chi connectivity index (χ3v) is 5.42. The number of hydrogen-bond donors (Lipinski definition) is 1. The molecule has 0 unspecified atom stereocenters. The monoisotopic (exact) mass is 333 g/mol. The minimum Gasteiger partial charge on any atom is -0.350 e. The highest BCUT2D eigenvalue weighted by atomic mass is 16.2. The number of amides is 2. The van der Waals surface area contributed by atoms with Gasteiger partial charge in [0.1, 0.15) is 5.69 Å². The van der Waals surface area contributed by atoms with Crippen molar-refractivity contribution in [2.45, 2.75) is 65.0 Å². The van der Waals surface area contributed by atoms with Crippen LogP contribution in [0.3, 0.4) is 0 Å². The second-order valence-corrected chi connectivity index (χ2v) is 6.98. The Morgan fingerprint density at radius 1 is 1.21 bits per heavy atom. The summed E-state index contributed by atoms with van der Waals surface area (Å²) in [5.74, 6) is 0.302. The molecule has 2 aliphatic heterocycles.